The maximum Gasteiger partial charge on any atom is 0.00355 e. The van der Waals surface area contributed by atoms with E-state index in [0.717, 1.165) is 0 Å². The van der Waals surface area contributed by atoms with Gasteiger partial charge in [-0.05, 0) is 45.7 Å². The van der Waals surface area contributed by atoms with E-state index in [4.69, 9.17) is 0 Å². The topological polar surface area (TPSA) is 3.24 Å². The molecule has 16 heavy (non-hydrogen) atoms. The van der Waals surface area contributed by atoms with Gasteiger partial charge in [0.25, 0.3) is 0 Å². The third kappa shape index (κ3) is 10.5. The van der Waals surface area contributed by atoms with Crippen LogP contribution < -0.4 is 0 Å². The van der Waals surface area contributed by atoms with Crippen molar-refractivity contribution in [3.8, 4) is 0 Å². The molecule has 0 saturated heterocycles. The number of rotatable bonds is 8. The van der Waals surface area contributed by atoms with Crippen LogP contribution in [0.2, 0.25) is 0 Å². The maximum atomic E-state index is 2.44. The minimum atomic E-state index is 0.526. The lowest BCUT2D eigenvalue weighted by atomic mass is 9.89. The Balaban J connectivity index is 3.22. The summed E-state index contributed by atoms with van der Waals surface area (Å²) in [4.78, 5) is 2.44. The minimum absolute atomic E-state index is 0.526. The van der Waals surface area contributed by atoms with E-state index in [1.807, 2.05) is 0 Å². The fraction of sp³-hybridized carbons (Fsp3) is 1.00. The second kappa shape index (κ2) is 8.11. The lowest BCUT2D eigenvalue weighted by Gasteiger charge is -2.20. The number of hydrogen-bond donors (Lipinski definition) is 0. The molecule has 0 rings (SSSR count). The summed E-state index contributed by atoms with van der Waals surface area (Å²) in [6, 6.07) is 0.695. The van der Waals surface area contributed by atoms with Crippen LogP contribution in [0.4, 0.5) is 0 Å². The first kappa shape index (κ1) is 16.0. The van der Waals surface area contributed by atoms with Crippen LogP contribution in [-0.4, -0.2) is 24.5 Å². The molecule has 0 aromatic rings. The first-order chi connectivity index (χ1) is 7.33. The van der Waals surface area contributed by atoms with Gasteiger partial charge in [0.1, 0.15) is 0 Å². The van der Waals surface area contributed by atoms with Gasteiger partial charge in [-0.3, -0.25) is 0 Å². The zero-order valence-corrected chi connectivity index (χ0v) is 12.5. The van der Waals surface area contributed by atoms with Crippen molar-refractivity contribution < 1.29 is 0 Å². The molecule has 0 atom stereocenters. The SMILES string of the molecule is CC(C)N(C)CCCCCCCC(C)(C)C. The zero-order chi connectivity index (χ0) is 12.6. The van der Waals surface area contributed by atoms with Gasteiger partial charge in [0.15, 0.2) is 0 Å². The third-order valence-electron chi connectivity index (χ3n) is 3.32. The molecule has 0 radical (unpaired) electrons. The highest BCUT2D eigenvalue weighted by atomic mass is 15.1. The standard InChI is InChI=1S/C15H33N/c1-14(2)16(6)13-11-9-7-8-10-12-15(3,4)5/h14H,7-13H2,1-6H3. The molecule has 0 aliphatic rings. The lowest BCUT2D eigenvalue weighted by molar-refractivity contribution is 0.266. The first-order valence-electron chi connectivity index (χ1n) is 7.03. The van der Waals surface area contributed by atoms with Crippen LogP contribution >= 0.6 is 0 Å². The fourth-order valence-corrected chi connectivity index (χ4v) is 1.81. The van der Waals surface area contributed by atoms with Crippen LogP contribution in [0, 0.1) is 5.41 Å². The van der Waals surface area contributed by atoms with Crippen LogP contribution in [0.1, 0.15) is 73.1 Å². The van der Waals surface area contributed by atoms with Gasteiger partial charge in [0, 0.05) is 6.04 Å². The highest BCUT2D eigenvalue weighted by Crippen LogP contribution is 2.22. The van der Waals surface area contributed by atoms with Crippen molar-refractivity contribution in [2.45, 2.75) is 79.2 Å². The normalized spacial score (nSPS) is 12.8. The summed E-state index contributed by atoms with van der Waals surface area (Å²) in [6.45, 7) is 12.8. The molecule has 0 aromatic carbocycles. The predicted octanol–water partition coefficient (Wildman–Crippen LogP) is 4.71. The van der Waals surface area contributed by atoms with E-state index >= 15 is 0 Å². The Bertz CT molecular complexity index is 155. The Hall–Kier alpha value is -0.0400. The molecule has 0 N–H and O–H groups in total. The quantitative estimate of drug-likeness (QED) is 0.543. The van der Waals surface area contributed by atoms with Crippen molar-refractivity contribution in [3.05, 3.63) is 0 Å². The Morgan fingerprint density at radius 3 is 1.88 bits per heavy atom. The van der Waals surface area contributed by atoms with Crippen molar-refractivity contribution in [1.82, 2.24) is 4.90 Å². The molecule has 0 unspecified atom stereocenters. The molecule has 98 valence electrons. The Morgan fingerprint density at radius 2 is 1.38 bits per heavy atom. The molecule has 0 aliphatic heterocycles. The lowest BCUT2D eigenvalue weighted by Crippen LogP contribution is -2.27. The average Bonchev–Trinajstić information content (AvgIpc) is 2.14. The van der Waals surface area contributed by atoms with Crippen molar-refractivity contribution in [2.75, 3.05) is 13.6 Å². The Morgan fingerprint density at radius 1 is 0.875 bits per heavy atom. The first-order valence-corrected chi connectivity index (χ1v) is 7.03. The summed E-state index contributed by atoms with van der Waals surface area (Å²) in [5.74, 6) is 0. The van der Waals surface area contributed by atoms with Gasteiger partial charge in [0.05, 0.1) is 0 Å². The van der Waals surface area contributed by atoms with Crippen LogP contribution in [0.3, 0.4) is 0 Å². The molecule has 0 bridgehead atoms. The van der Waals surface area contributed by atoms with Gasteiger partial charge >= 0.3 is 0 Å². The average molecular weight is 227 g/mol. The van der Waals surface area contributed by atoms with Crippen LogP contribution in [-0.2, 0) is 0 Å². The minimum Gasteiger partial charge on any atom is -0.304 e. The van der Waals surface area contributed by atoms with Crippen molar-refractivity contribution in [3.63, 3.8) is 0 Å². The summed E-state index contributed by atoms with van der Waals surface area (Å²) in [5, 5.41) is 0. The van der Waals surface area contributed by atoms with Crippen LogP contribution in [0.5, 0.6) is 0 Å². The monoisotopic (exact) mass is 227 g/mol. The maximum absolute atomic E-state index is 2.44. The summed E-state index contributed by atoms with van der Waals surface area (Å²) in [6.07, 6.45) is 8.39. The zero-order valence-electron chi connectivity index (χ0n) is 12.5. The highest BCUT2D eigenvalue weighted by Gasteiger charge is 2.08. The largest absolute Gasteiger partial charge is 0.304 e. The van der Waals surface area contributed by atoms with E-state index in [0.29, 0.717) is 11.5 Å². The number of nitrogens with zero attached hydrogens (tertiary/aromatic N) is 1. The second-order valence-corrected chi connectivity index (χ2v) is 6.65. The Kier molecular flexibility index (Phi) is 8.09. The van der Waals surface area contributed by atoms with E-state index in [1.54, 1.807) is 0 Å². The van der Waals surface area contributed by atoms with Gasteiger partial charge in [0.2, 0.25) is 0 Å². The van der Waals surface area contributed by atoms with Gasteiger partial charge in [-0.2, -0.15) is 0 Å². The molecule has 1 nitrogen and oxygen atoms in total. The van der Waals surface area contributed by atoms with E-state index in [-0.39, 0.29) is 0 Å². The Labute approximate surface area is 104 Å². The molecule has 0 aliphatic carbocycles. The van der Waals surface area contributed by atoms with Gasteiger partial charge in [-0.15, -0.1) is 0 Å². The van der Waals surface area contributed by atoms with Gasteiger partial charge in [-0.1, -0.05) is 46.5 Å². The van der Waals surface area contributed by atoms with E-state index in [2.05, 4.69) is 46.6 Å². The molecular formula is C15H33N. The van der Waals surface area contributed by atoms with Crippen LogP contribution in [0.15, 0.2) is 0 Å². The third-order valence-corrected chi connectivity index (χ3v) is 3.32. The molecule has 1 heteroatoms. The fourth-order valence-electron chi connectivity index (χ4n) is 1.81. The summed E-state index contributed by atoms with van der Waals surface area (Å²) >= 11 is 0. The molecule has 0 spiro atoms. The van der Waals surface area contributed by atoms with E-state index in [9.17, 15) is 0 Å². The molecule has 0 aromatic heterocycles. The van der Waals surface area contributed by atoms with E-state index in [1.165, 1.54) is 45.1 Å². The van der Waals surface area contributed by atoms with Gasteiger partial charge in [-0.25, -0.2) is 0 Å². The van der Waals surface area contributed by atoms with E-state index < -0.39 is 0 Å². The van der Waals surface area contributed by atoms with Gasteiger partial charge < -0.3 is 4.90 Å². The van der Waals surface area contributed by atoms with Crippen molar-refractivity contribution in [1.29, 1.82) is 0 Å². The molecule has 0 heterocycles. The molecular weight excluding hydrogens is 194 g/mol. The van der Waals surface area contributed by atoms with Crippen molar-refractivity contribution >= 4 is 0 Å². The summed E-state index contributed by atoms with van der Waals surface area (Å²) in [7, 11) is 2.23. The smallest absolute Gasteiger partial charge is 0.00355 e. The van der Waals surface area contributed by atoms with Crippen LogP contribution in [0.25, 0.3) is 0 Å². The van der Waals surface area contributed by atoms with Crippen molar-refractivity contribution in [2.24, 2.45) is 5.41 Å². The number of unbranched alkanes of at least 4 members (excludes halogenated alkanes) is 4. The molecule has 0 saturated carbocycles. The molecule has 0 amide bonds. The number of hydrogen-bond acceptors (Lipinski definition) is 1. The summed E-state index contributed by atoms with van der Waals surface area (Å²) in [5.41, 5.74) is 0.526. The summed E-state index contributed by atoms with van der Waals surface area (Å²) < 4.78 is 0. The highest BCUT2D eigenvalue weighted by molar-refractivity contribution is 4.61. The predicted molar refractivity (Wildman–Crippen MR) is 74.9 cm³/mol. The molecule has 0 fully saturated rings. The second-order valence-electron chi connectivity index (χ2n) is 6.65.